The molecule has 8 N–H and O–H groups in total. The van der Waals surface area contributed by atoms with E-state index in [-0.39, 0.29) is 41.0 Å². The SMILES string of the molecule is COC(=O)c1ccc([C@@H](NC(=O)c2cc(C(=O)O)n3nc(N)nc3n2)C(N)=O)cc1.Cc1nc2cc(CN)ccc2o1.Cl. The number of halogens is 1. The molecule has 5 aromatic rings. The topological polar surface area (TPSA) is 257 Å². The van der Waals surface area contributed by atoms with Crippen molar-refractivity contribution in [2.45, 2.75) is 19.5 Å². The van der Waals surface area contributed by atoms with Crippen LogP contribution in [0.3, 0.4) is 0 Å². The number of aromatic nitrogens is 5. The normalized spacial score (nSPS) is 11.1. The number of hydrogen-bond acceptors (Lipinski definition) is 12. The van der Waals surface area contributed by atoms with E-state index in [1.165, 1.54) is 31.4 Å². The largest absolute Gasteiger partial charge is 0.477 e. The lowest BCUT2D eigenvalue weighted by atomic mass is 10.0. The number of benzene rings is 2. The van der Waals surface area contributed by atoms with Crippen LogP contribution < -0.4 is 22.5 Å². The van der Waals surface area contributed by atoms with Gasteiger partial charge in [-0.15, -0.1) is 17.5 Å². The number of hydrogen-bond donors (Lipinski definition) is 5. The van der Waals surface area contributed by atoms with Gasteiger partial charge in [0, 0.05) is 19.5 Å². The summed E-state index contributed by atoms with van der Waals surface area (Å²) in [7, 11) is 1.22. The molecule has 0 bridgehead atoms. The molecule has 0 saturated carbocycles. The summed E-state index contributed by atoms with van der Waals surface area (Å²) in [5.41, 5.74) is 18.9. The molecular weight excluding hydrogens is 586 g/mol. The van der Waals surface area contributed by atoms with Crippen LogP contribution >= 0.6 is 12.4 Å². The number of carboxylic acids is 1. The molecule has 0 saturated heterocycles. The van der Waals surface area contributed by atoms with E-state index in [0.29, 0.717) is 12.4 Å². The first-order chi connectivity index (χ1) is 20.0. The standard InChI is InChI=1S/C17H15N7O6.C9H10N2O.ClH/c1-30-15(29)8-4-2-7(3-5-8)11(12(18)25)21-13(26)9-6-10(14(27)28)24-17(20-9)22-16(19)23-24;1-6-11-8-4-7(5-10)2-3-9(8)12-6;/h2-6,11H,1H3,(H2,18,25)(H2,19,23)(H,21,26)(H,27,28);2-4H,5,10H2,1H3;1H/t11-;;/m1../s1. The van der Waals surface area contributed by atoms with Crippen LogP contribution in [0.1, 0.15) is 54.4 Å². The zero-order chi connectivity index (χ0) is 30.6. The minimum atomic E-state index is -1.40. The summed E-state index contributed by atoms with van der Waals surface area (Å²) in [6.07, 6.45) is 0. The number of amides is 2. The van der Waals surface area contributed by atoms with Gasteiger partial charge in [0.2, 0.25) is 11.9 Å². The maximum atomic E-state index is 12.6. The Hall–Kier alpha value is -5.61. The molecule has 224 valence electrons. The molecule has 43 heavy (non-hydrogen) atoms. The molecule has 1 atom stereocenters. The maximum Gasteiger partial charge on any atom is 0.354 e. The number of carbonyl (C=O) groups is 4. The molecular formula is C26H26ClN9O7. The Morgan fingerprint density at radius 1 is 1.07 bits per heavy atom. The Morgan fingerprint density at radius 2 is 1.77 bits per heavy atom. The monoisotopic (exact) mass is 611 g/mol. The van der Waals surface area contributed by atoms with E-state index in [4.69, 9.17) is 21.6 Å². The summed E-state index contributed by atoms with van der Waals surface area (Å²) in [6, 6.07) is 11.1. The predicted octanol–water partition coefficient (Wildman–Crippen LogP) is 1.16. The average molecular weight is 612 g/mol. The van der Waals surface area contributed by atoms with Gasteiger partial charge in [0.25, 0.3) is 11.7 Å². The Morgan fingerprint density at radius 3 is 2.37 bits per heavy atom. The fourth-order valence-corrected chi connectivity index (χ4v) is 3.82. The second kappa shape index (κ2) is 13.4. The molecule has 2 aromatic carbocycles. The summed E-state index contributed by atoms with van der Waals surface area (Å²) in [4.78, 5) is 59.4. The fraction of sp³-hybridized carbons (Fsp3) is 0.154. The molecule has 0 unspecified atom stereocenters. The molecule has 3 aromatic heterocycles. The molecule has 0 aliphatic rings. The maximum absolute atomic E-state index is 12.6. The number of rotatable bonds is 7. The second-order valence-electron chi connectivity index (χ2n) is 8.68. The van der Waals surface area contributed by atoms with E-state index in [1.54, 1.807) is 0 Å². The number of esters is 1. The van der Waals surface area contributed by atoms with E-state index in [0.717, 1.165) is 27.2 Å². The van der Waals surface area contributed by atoms with E-state index >= 15 is 0 Å². The first kappa shape index (κ1) is 31.9. The lowest BCUT2D eigenvalue weighted by molar-refractivity contribution is -0.120. The van der Waals surface area contributed by atoms with Gasteiger partial charge in [-0.3, -0.25) is 9.59 Å². The van der Waals surface area contributed by atoms with Crippen LogP contribution in [0.5, 0.6) is 0 Å². The molecule has 0 aliphatic carbocycles. The number of fused-ring (bicyclic) bond motifs is 2. The van der Waals surface area contributed by atoms with Gasteiger partial charge in [0.15, 0.2) is 17.2 Å². The van der Waals surface area contributed by atoms with Gasteiger partial charge in [0.1, 0.15) is 17.3 Å². The van der Waals surface area contributed by atoms with Gasteiger partial charge in [-0.05, 0) is 35.4 Å². The van der Waals surface area contributed by atoms with Crippen LogP contribution in [0.4, 0.5) is 5.95 Å². The van der Waals surface area contributed by atoms with Crippen LogP contribution in [0.15, 0.2) is 52.9 Å². The molecule has 2 amide bonds. The van der Waals surface area contributed by atoms with Gasteiger partial charge >= 0.3 is 11.9 Å². The number of primary amides is 1. The zero-order valence-electron chi connectivity index (χ0n) is 22.7. The van der Waals surface area contributed by atoms with E-state index in [2.05, 4.69) is 30.1 Å². The summed E-state index contributed by atoms with van der Waals surface area (Å²) in [5.74, 6) is -3.50. The van der Waals surface area contributed by atoms with Crippen molar-refractivity contribution in [3.63, 3.8) is 0 Å². The molecule has 5 rings (SSSR count). The molecule has 0 spiro atoms. The van der Waals surface area contributed by atoms with Gasteiger partial charge < -0.3 is 36.8 Å². The molecule has 17 heteroatoms. The highest BCUT2D eigenvalue weighted by atomic mass is 35.5. The van der Waals surface area contributed by atoms with E-state index in [1.807, 2.05) is 25.1 Å². The van der Waals surface area contributed by atoms with Gasteiger partial charge in [-0.25, -0.2) is 19.6 Å². The number of nitrogens with zero attached hydrogens (tertiary/aromatic N) is 5. The Bertz CT molecular complexity index is 1820. The number of oxazole rings is 1. The van der Waals surface area contributed by atoms with Crippen LogP contribution in [-0.2, 0) is 16.1 Å². The Labute approximate surface area is 248 Å². The number of carboxylic acid groups (broad SMARTS) is 1. The minimum Gasteiger partial charge on any atom is -0.477 e. The number of ether oxygens (including phenoxy) is 1. The van der Waals surface area contributed by atoms with Crippen molar-refractivity contribution < 1.29 is 33.4 Å². The molecule has 0 radical (unpaired) electrons. The summed E-state index contributed by atoms with van der Waals surface area (Å²) >= 11 is 0. The molecule has 3 heterocycles. The number of nitrogens with two attached hydrogens (primary N) is 3. The summed E-state index contributed by atoms with van der Waals surface area (Å²) in [6.45, 7) is 2.38. The smallest absolute Gasteiger partial charge is 0.354 e. The number of nitrogen functional groups attached to an aromatic ring is 1. The third-order valence-corrected chi connectivity index (χ3v) is 5.80. The van der Waals surface area contributed by atoms with Crippen molar-refractivity contribution >= 4 is 59.0 Å². The highest BCUT2D eigenvalue weighted by Crippen LogP contribution is 2.17. The first-order valence-electron chi connectivity index (χ1n) is 12.1. The van der Waals surface area contributed by atoms with Crippen LogP contribution in [0.25, 0.3) is 16.9 Å². The third-order valence-electron chi connectivity index (χ3n) is 5.80. The van der Waals surface area contributed by atoms with Crippen molar-refractivity contribution in [3.8, 4) is 0 Å². The predicted molar refractivity (Wildman–Crippen MR) is 153 cm³/mol. The molecule has 0 aliphatic heterocycles. The second-order valence-corrected chi connectivity index (χ2v) is 8.68. The number of methoxy groups -OCH3 is 1. The molecule has 0 fully saturated rings. The third kappa shape index (κ3) is 7.19. The fourth-order valence-electron chi connectivity index (χ4n) is 3.82. The average Bonchev–Trinajstić information content (AvgIpc) is 3.54. The quantitative estimate of drug-likeness (QED) is 0.162. The van der Waals surface area contributed by atoms with Crippen LogP contribution in [0, 0.1) is 6.92 Å². The van der Waals surface area contributed by atoms with Crippen molar-refractivity contribution in [3.05, 3.63) is 82.5 Å². The number of carbonyl (C=O) groups excluding carboxylic acids is 3. The highest BCUT2D eigenvalue weighted by Gasteiger charge is 2.24. The zero-order valence-corrected chi connectivity index (χ0v) is 23.5. The van der Waals surface area contributed by atoms with Crippen molar-refractivity contribution in [2.24, 2.45) is 11.5 Å². The summed E-state index contributed by atoms with van der Waals surface area (Å²) < 4.78 is 10.8. The minimum absolute atomic E-state index is 0. The van der Waals surface area contributed by atoms with E-state index in [9.17, 15) is 24.3 Å². The lowest BCUT2D eigenvalue weighted by Crippen LogP contribution is -2.38. The van der Waals surface area contributed by atoms with Gasteiger partial charge in [-0.2, -0.15) is 9.50 Å². The molecule has 16 nitrogen and oxygen atoms in total. The van der Waals surface area contributed by atoms with Gasteiger partial charge in [0.05, 0.1) is 12.7 Å². The van der Waals surface area contributed by atoms with Crippen LogP contribution in [0.2, 0.25) is 0 Å². The number of aryl methyl sites for hydroxylation is 1. The lowest BCUT2D eigenvalue weighted by Gasteiger charge is -2.16. The van der Waals surface area contributed by atoms with E-state index < -0.39 is 35.5 Å². The Kier molecular flexibility index (Phi) is 9.92. The van der Waals surface area contributed by atoms with Crippen molar-refractivity contribution in [2.75, 3.05) is 12.8 Å². The van der Waals surface area contributed by atoms with Crippen molar-refractivity contribution in [1.29, 1.82) is 0 Å². The number of aromatic carboxylic acids is 1. The Balaban J connectivity index is 0.000000324. The van der Waals surface area contributed by atoms with Crippen LogP contribution in [-0.4, -0.2) is 60.5 Å². The number of nitrogens with one attached hydrogen (secondary N) is 1. The number of anilines is 1. The summed E-state index contributed by atoms with van der Waals surface area (Å²) in [5, 5.41) is 15.4. The first-order valence-corrected chi connectivity index (χ1v) is 12.1. The van der Waals surface area contributed by atoms with Gasteiger partial charge in [-0.1, -0.05) is 18.2 Å². The van der Waals surface area contributed by atoms with Crippen molar-refractivity contribution in [1.82, 2.24) is 29.9 Å². The highest BCUT2D eigenvalue weighted by molar-refractivity contribution is 5.98.